The maximum atomic E-state index is 12.2. The molecular weight excluding hydrogens is 352 g/mol. The van der Waals surface area contributed by atoms with Gasteiger partial charge in [-0.25, -0.2) is 9.97 Å². The Kier molecular flexibility index (Phi) is 6.04. The van der Waals surface area contributed by atoms with Crippen LogP contribution in [0.1, 0.15) is 26.7 Å². The second-order valence-electron chi connectivity index (χ2n) is 5.66. The number of carbonyl (C=O) groups excluding carboxylic acids is 1. The number of aromatic nitrogens is 2. The number of nitrogens with zero attached hydrogens (tertiary/aromatic N) is 2. The van der Waals surface area contributed by atoms with Gasteiger partial charge in [0.05, 0.1) is 12.0 Å². The van der Waals surface area contributed by atoms with Gasteiger partial charge >= 0.3 is 5.97 Å². The first-order valence-electron chi connectivity index (χ1n) is 8.31. The molecule has 0 radical (unpaired) electrons. The Labute approximate surface area is 155 Å². The second-order valence-corrected chi connectivity index (χ2v) is 7.84. The number of esters is 1. The molecule has 0 fully saturated rings. The van der Waals surface area contributed by atoms with Crippen LogP contribution in [0.4, 0.5) is 0 Å². The highest BCUT2D eigenvalue weighted by Gasteiger charge is 2.20. The summed E-state index contributed by atoms with van der Waals surface area (Å²) in [5.74, 6) is -0.193. The minimum Gasteiger partial charge on any atom is -0.465 e. The minimum absolute atomic E-state index is 0.193. The Morgan fingerprint density at radius 1 is 1.28 bits per heavy atom. The Morgan fingerprint density at radius 3 is 2.84 bits per heavy atom. The van der Waals surface area contributed by atoms with Gasteiger partial charge in [0.15, 0.2) is 0 Å². The zero-order chi connectivity index (χ0) is 17.6. The van der Waals surface area contributed by atoms with Gasteiger partial charge in [0.2, 0.25) is 0 Å². The number of carbonyl (C=O) groups is 1. The van der Waals surface area contributed by atoms with Crippen molar-refractivity contribution in [2.75, 3.05) is 6.61 Å². The third kappa shape index (κ3) is 4.19. The van der Waals surface area contributed by atoms with Gasteiger partial charge in [-0.3, -0.25) is 4.79 Å². The van der Waals surface area contributed by atoms with E-state index >= 15 is 0 Å². The summed E-state index contributed by atoms with van der Waals surface area (Å²) in [7, 11) is 0. The number of hydrogen-bond donors (Lipinski definition) is 0. The SMILES string of the molecule is CCCCOC(=O)[C@@H](C)Sc1ncnc2scc(-c3ccccc3)c12. The molecular formula is C19H20N2O2S2. The van der Waals surface area contributed by atoms with E-state index in [0.717, 1.165) is 39.2 Å². The first-order valence-corrected chi connectivity index (χ1v) is 10.1. The Morgan fingerprint density at radius 2 is 2.08 bits per heavy atom. The Balaban J connectivity index is 1.87. The molecule has 3 aromatic rings. The van der Waals surface area contributed by atoms with Crippen molar-refractivity contribution in [3.05, 3.63) is 42.0 Å². The molecule has 3 rings (SSSR count). The zero-order valence-electron chi connectivity index (χ0n) is 14.3. The van der Waals surface area contributed by atoms with Crippen LogP contribution >= 0.6 is 23.1 Å². The first-order chi connectivity index (χ1) is 12.2. The average Bonchev–Trinajstić information content (AvgIpc) is 3.07. The van der Waals surface area contributed by atoms with Crippen LogP contribution in [0.15, 0.2) is 47.1 Å². The third-order valence-corrected chi connectivity index (χ3v) is 5.75. The summed E-state index contributed by atoms with van der Waals surface area (Å²) in [5, 5.41) is 3.63. The number of fused-ring (bicyclic) bond motifs is 1. The van der Waals surface area contributed by atoms with E-state index in [4.69, 9.17) is 4.74 Å². The lowest BCUT2D eigenvalue weighted by atomic mass is 10.1. The van der Waals surface area contributed by atoms with Crippen molar-refractivity contribution in [3.8, 4) is 11.1 Å². The van der Waals surface area contributed by atoms with Crippen LogP contribution in [0.3, 0.4) is 0 Å². The maximum Gasteiger partial charge on any atom is 0.319 e. The standard InChI is InChI=1S/C19H20N2O2S2/c1-3-4-10-23-19(22)13(2)25-18-16-15(14-8-6-5-7-9-14)11-24-17(16)20-12-21-18/h5-9,11-13H,3-4,10H2,1-2H3/t13-/m1/s1. The molecule has 25 heavy (non-hydrogen) atoms. The van der Waals surface area contributed by atoms with Crippen LogP contribution in [-0.2, 0) is 9.53 Å². The van der Waals surface area contributed by atoms with E-state index in [1.807, 2.05) is 25.1 Å². The van der Waals surface area contributed by atoms with Gasteiger partial charge in [-0.15, -0.1) is 11.3 Å². The number of thioether (sulfide) groups is 1. The lowest BCUT2D eigenvalue weighted by Crippen LogP contribution is -2.17. The molecule has 130 valence electrons. The van der Waals surface area contributed by atoms with E-state index < -0.39 is 0 Å². The fourth-order valence-electron chi connectivity index (χ4n) is 2.42. The third-order valence-electron chi connectivity index (χ3n) is 3.78. The number of ether oxygens (including phenoxy) is 1. The largest absolute Gasteiger partial charge is 0.465 e. The molecule has 0 saturated carbocycles. The average molecular weight is 373 g/mol. The predicted molar refractivity (Wildman–Crippen MR) is 104 cm³/mol. The molecule has 0 bridgehead atoms. The van der Waals surface area contributed by atoms with Crippen LogP contribution in [0, 0.1) is 0 Å². The van der Waals surface area contributed by atoms with E-state index in [1.165, 1.54) is 11.8 Å². The van der Waals surface area contributed by atoms with Gasteiger partial charge < -0.3 is 4.74 Å². The molecule has 0 N–H and O–H groups in total. The molecule has 0 aliphatic rings. The molecule has 0 aliphatic carbocycles. The van der Waals surface area contributed by atoms with Gasteiger partial charge in [-0.05, 0) is 18.9 Å². The van der Waals surface area contributed by atoms with Crippen LogP contribution in [0.2, 0.25) is 0 Å². The summed E-state index contributed by atoms with van der Waals surface area (Å²) < 4.78 is 5.32. The molecule has 2 aromatic heterocycles. The van der Waals surface area contributed by atoms with Crippen molar-refractivity contribution < 1.29 is 9.53 Å². The fraction of sp³-hybridized carbons (Fsp3) is 0.316. The van der Waals surface area contributed by atoms with Gasteiger partial charge in [0.25, 0.3) is 0 Å². The highest BCUT2D eigenvalue weighted by molar-refractivity contribution is 8.00. The number of benzene rings is 1. The normalized spacial score (nSPS) is 12.2. The van der Waals surface area contributed by atoms with Crippen molar-refractivity contribution >= 4 is 39.3 Å². The summed E-state index contributed by atoms with van der Waals surface area (Å²) >= 11 is 3.03. The summed E-state index contributed by atoms with van der Waals surface area (Å²) in [4.78, 5) is 21.9. The van der Waals surface area contributed by atoms with Crippen molar-refractivity contribution in [1.82, 2.24) is 9.97 Å². The van der Waals surface area contributed by atoms with Gasteiger partial charge in [-0.2, -0.15) is 0 Å². The lowest BCUT2D eigenvalue weighted by Gasteiger charge is -2.11. The summed E-state index contributed by atoms with van der Waals surface area (Å²) in [6.45, 7) is 4.42. The number of unbranched alkanes of at least 4 members (excludes halogenated alkanes) is 1. The van der Waals surface area contributed by atoms with E-state index in [1.54, 1.807) is 17.7 Å². The fourth-order valence-corrected chi connectivity index (χ4v) is 4.33. The topological polar surface area (TPSA) is 52.1 Å². The minimum atomic E-state index is -0.307. The van der Waals surface area contributed by atoms with E-state index in [0.29, 0.717) is 6.61 Å². The second kappa shape index (κ2) is 8.45. The van der Waals surface area contributed by atoms with Crippen LogP contribution < -0.4 is 0 Å². The van der Waals surface area contributed by atoms with Crippen molar-refractivity contribution in [3.63, 3.8) is 0 Å². The van der Waals surface area contributed by atoms with Crippen molar-refractivity contribution in [2.45, 2.75) is 37.0 Å². The molecule has 0 spiro atoms. The molecule has 1 atom stereocenters. The van der Waals surface area contributed by atoms with Crippen LogP contribution in [-0.4, -0.2) is 27.8 Å². The van der Waals surface area contributed by atoms with Gasteiger partial charge in [-0.1, -0.05) is 55.4 Å². The zero-order valence-corrected chi connectivity index (χ0v) is 15.9. The molecule has 6 heteroatoms. The van der Waals surface area contributed by atoms with E-state index in [-0.39, 0.29) is 11.2 Å². The highest BCUT2D eigenvalue weighted by Crippen LogP contribution is 2.38. The first kappa shape index (κ1) is 17.9. The summed E-state index contributed by atoms with van der Waals surface area (Å²) in [6, 6.07) is 10.2. The van der Waals surface area contributed by atoms with Crippen LogP contribution in [0.25, 0.3) is 21.3 Å². The van der Waals surface area contributed by atoms with Gasteiger partial charge in [0.1, 0.15) is 21.4 Å². The predicted octanol–water partition coefficient (Wildman–Crippen LogP) is 5.18. The van der Waals surface area contributed by atoms with E-state index in [9.17, 15) is 4.79 Å². The molecule has 0 amide bonds. The molecule has 0 unspecified atom stereocenters. The quantitative estimate of drug-likeness (QED) is 0.247. The number of thiophene rings is 1. The maximum absolute atomic E-state index is 12.2. The summed E-state index contributed by atoms with van der Waals surface area (Å²) in [6.07, 6.45) is 3.46. The molecule has 4 nitrogen and oxygen atoms in total. The van der Waals surface area contributed by atoms with Gasteiger partial charge in [0, 0.05) is 10.9 Å². The Bertz CT molecular complexity index is 849. The molecule has 1 aromatic carbocycles. The number of hydrogen-bond acceptors (Lipinski definition) is 6. The number of rotatable bonds is 7. The summed E-state index contributed by atoms with van der Waals surface area (Å²) in [5.41, 5.74) is 2.24. The molecule has 0 aliphatic heterocycles. The van der Waals surface area contributed by atoms with E-state index in [2.05, 4.69) is 34.4 Å². The Hall–Kier alpha value is -1.92. The molecule has 2 heterocycles. The smallest absolute Gasteiger partial charge is 0.319 e. The lowest BCUT2D eigenvalue weighted by molar-refractivity contribution is -0.142. The van der Waals surface area contributed by atoms with Crippen LogP contribution in [0.5, 0.6) is 0 Å². The monoisotopic (exact) mass is 372 g/mol. The highest BCUT2D eigenvalue weighted by atomic mass is 32.2. The van der Waals surface area contributed by atoms with Crippen molar-refractivity contribution in [1.29, 1.82) is 0 Å². The molecule has 0 saturated heterocycles. The van der Waals surface area contributed by atoms with Crippen molar-refractivity contribution in [2.24, 2.45) is 0 Å².